The summed E-state index contributed by atoms with van der Waals surface area (Å²) >= 11 is 0. The molecule has 2 aromatic rings. The van der Waals surface area contributed by atoms with Crippen molar-refractivity contribution in [1.29, 1.82) is 0 Å². The van der Waals surface area contributed by atoms with Gasteiger partial charge in [0.25, 0.3) is 0 Å². The van der Waals surface area contributed by atoms with Crippen LogP contribution in [0.5, 0.6) is 0 Å². The van der Waals surface area contributed by atoms with Gasteiger partial charge in [-0.05, 0) is 6.92 Å². The fourth-order valence-corrected chi connectivity index (χ4v) is 2.59. The monoisotopic (exact) mass is 289 g/mol. The normalized spacial score (nSPS) is 15.5. The van der Waals surface area contributed by atoms with E-state index in [9.17, 15) is 4.79 Å². The predicted octanol–water partition coefficient (Wildman–Crippen LogP) is 0.215. The predicted molar refractivity (Wildman–Crippen MR) is 79.2 cm³/mol. The number of anilines is 1. The molecule has 2 aromatic heterocycles. The molecule has 8 nitrogen and oxygen atoms in total. The molecule has 0 spiro atoms. The van der Waals surface area contributed by atoms with Gasteiger partial charge in [0.15, 0.2) is 5.65 Å². The Morgan fingerprint density at radius 2 is 2.05 bits per heavy atom. The van der Waals surface area contributed by atoms with Crippen LogP contribution in [0.4, 0.5) is 10.6 Å². The zero-order chi connectivity index (χ0) is 14.8. The number of carbonyl (C=O) groups excluding carboxylic acids is 1. The Morgan fingerprint density at radius 3 is 2.76 bits per heavy atom. The van der Waals surface area contributed by atoms with Crippen LogP contribution < -0.4 is 10.2 Å². The van der Waals surface area contributed by atoms with Crippen molar-refractivity contribution in [3.8, 4) is 0 Å². The van der Waals surface area contributed by atoms with Gasteiger partial charge in [-0.25, -0.2) is 14.8 Å². The van der Waals surface area contributed by atoms with Crippen LogP contribution in [0.3, 0.4) is 0 Å². The molecule has 3 heterocycles. The molecule has 0 bridgehead atoms. The Hall–Kier alpha value is -2.38. The summed E-state index contributed by atoms with van der Waals surface area (Å²) in [5.74, 6) is 0.892. The summed E-state index contributed by atoms with van der Waals surface area (Å²) in [6, 6.07) is 0.00589. The number of aromatic nitrogens is 4. The van der Waals surface area contributed by atoms with E-state index in [0.29, 0.717) is 19.6 Å². The molecule has 1 aliphatic heterocycles. The maximum Gasteiger partial charge on any atom is 0.317 e. The number of urea groups is 1. The number of hydrogen-bond donors (Lipinski definition) is 1. The first-order valence-corrected chi connectivity index (χ1v) is 7.11. The third-order valence-corrected chi connectivity index (χ3v) is 3.70. The van der Waals surface area contributed by atoms with Gasteiger partial charge in [-0.2, -0.15) is 5.10 Å². The van der Waals surface area contributed by atoms with E-state index < -0.39 is 0 Å². The highest BCUT2D eigenvalue weighted by Crippen LogP contribution is 2.23. The van der Waals surface area contributed by atoms with E-state index in [-0.39, 0.29) is 6.03 Å². The Balaban J connectivity index is 1.75. The lowest BCUT2D eigenvalue weighted by molar-refractivity contribution is 0.195. The molecule has 1 N–H and O–H groups in total. The second-order valence-corrected chi connectivity index (χ2v) is 5.01. The standard InChI is InChI=1S/C13H19N7O/c1-3-14-13(21)20-6-4-19(5-7-20)12-10-8-17-18(2)11(10)15-9-16-12/h8-9H,3-7H2,1-2H3,(H,14,21). The number of nitrogens with one attached hydrogen (secondary N) is 1. The number of nitrogens with zero attached hydrogens (tertiary/aromatic N) is 6. The minimum atomic E-state index is 0.00589. The van der Waals surface area contributed by atoms with Gasteiger partial charge in [-0.1, -0.05) is 0 Å². The molecule has 112 valence electrons. The van der Waals surface area contributed by atoms with Gasteiger partial charge in [0.05, 0.1) is 11.6 Å². The molecule has 0 atom stereocenters. The molecular weight excluding hydrogens is 270 g/mol. The van der Waals surface area contributed by atoms with Gasteiger partial charge in [0, 0.05) is 39.8 Å². The first-order chi connectivity index (χ1) is 10.2. The lowest BCUT2D eigenvalue weighted by Gasteiger charge is -2.35. The van der Waals surface area contributed by atoms with Gasteiger partial charge in [-0.15, -0.1) is 0 Å². The minimum Gasteiger partial charge on any atom is -0.352 e. The Bertz CT molecular complexity index is 645. The zero-order valence-electron chi connectivity index (χ0n) is 12.3. The summed E-state index contributed by atoms with van der Waals surface area (Å²) < 4.78 is 1.74. The van der Waals surface area contributed by atoms with Crippen LogP contribution >= 0.6 is 0 Å². The zero-order valence-corrected chi connectivity index (χ0v) is 12.3. The number of carbonyl (C=O) groups is 1. The van der Waals surface area contributed by atoms with E-state index in [1.54, 1.807) is 17.2 Å². The van der Waals surface area contributed by atoms with Crippen molar-refractivity contribution in [3.05, 3.63) is 12.5 Å². The van der Waals surface area contributed by atoms with Crippen LogP contribution in [-0.2, 0) is 7.05 Å². The van der Waals surface area contributed by atoms with Crippen molar-refractivity contribution < 1.29 is 4.79 Å². The third-order valence-electron chi connectivity index (χ3n) is 3.70. The lowest BCUT2D eigenvalue weighted by atomic mass is 10.3. The first-order valence-electron chi connectivity index (χ1n) is 7.11. The fraction of sp³-hybridized carbons (Fsp3) is 0.538. The Morgan fingerprint density at radius 1 is 1.29 bits per heavy atom. The molecule has 1 aliphatic rings. The van der Waals surface area contributed by atoms with Crippen LogP contribution in [0.15, 0.2) is 12.5 Å². The number of amides is 2. The average Bonchev–Trinajstić information content (AvgIpc) is 2.89. The van der Waals surface area contributed by atoms with Crippen molar-refractivity contribution in [3.63, 3.8) is 0 Å². The maximum absolute atomic E-state index is 11.8. The van der Waals surface area contributed by atoms with Crippen molar-refractivity contribution in [2.75, 3.05) is 37.6 Å². The minimum absolute atomic E-state index is 0.00589. The van der Waals surface area contributed by atoms with E-state index in [1.165, 1.54) is 0 Å². The molecule has 0 unspecified atom stereocenters. The van der Waals surface area contributed by atoms with E-state index in [2.05, 4.69) is 25.3 Å². The number of piperazine rings is 1. The topological polar surface area (TPSA) is 79.2 Å². The van der Waals surface area contributed by atoms with Gasteiger partial charge < -0.3 is 15.1 Å². The summed E-state index contributed by atoms with van der Waals surface area (Å²) in [6.45, 7) is 5.49. The van der Waals surface area contributed by atoms with Crippen LogP contribution in [0.1, 0.15) is 6.92 Å². The average molecular weight is 289 g/mol. The molecule has 8 heteroatoms. The summed E-state index contributed by atoms with van der Waals surface area (Å²) in [5, 5.41) is 8.01. The molecule has 0 aromatic carbocycles. The second-order valence-electron chi connectivity index (χ2n) is 5.01. The highest BCUT2D eigenvalue weighted by molar-refractivity contribution is 5.86. The van der Waals surface area contributed by atoms with Crippen LogP contribution in [0, 0.1) is 0 Å². The number of rotatable bonds is 2. The van der Waals surface area contributed by atoms with Crippen molar-refractivity contribution in [2.24, 2.45) is 7.05 Å². The highest BCUT2D eigenvalue weighted by Gasteiger charge is 2.23. The maximum atomic E-state index is 11.8. The van der Waals surface area contributed by atoms with E-state index in [1.807, 2.05) is 18.9 Å². The van der Waals surface area contributed by atoms with Gasteiger partial charge in [-0.3, -0.25) is 4.68 Å². The van der Waals surface area contributed by atoms with Crippen LogP contribution in [0.2, 0.25) is 0 Å². The summed E-state index contributed by atoms with van der Waals surface area (Å²) in [7, 11) is 1.87. The molecule has 0 saturated carbocycles. The number of hydrogen-bond acceptors (Lipinski definition) is 5. The SMILES string of the molecule is CCNC(=O)N1CCN(c2ncnc3c2cnn3C)CC1. The Labute approximate surface area is 122 Å². The molecule has 2 amide bonds. The smallest absolute Gasteiger partial charge is 0.317 e. The van der Waals surface area contributed by atoms with Gasteiger partial charge in [0.2, 0.25) is 0 Å². The first kappa shape index (κ1) is 13.6. The quantitative estimate of drug-likeness (QED) is 0.855. The van der Waals surface area contributed by atoms with Crippen molar-refractivity contribution in [1.82, 2.24) is 30.0 Å². The van der Waals surface area contributed by atoms with E-state index in [4.69, 9.17) is 0 Å². The molecule has 1 saturated heterocycles. The molecule has 3 rings (SSSR count). The van der Waals surface area contributed by atoms with Crippen molar-refractivity contribution >= 4 is 22.9 Å². The highest BCUT2D eigenvalue weighted by atomic mass is 16.2. The van der Waals surface area contributed by atoms with E-state index >= 15 is 0 Å². The summed E-state index contributed by atoms with van der Waals surface area (Å²) in [5.41, 5.74) is 0.825. The largest absolute Gasteiger partial charge is 0.352 e. The number of fused-ring (bicyclic) bond motifs is 1. The van der Waals surface area contributed by atoms with Crippen LogP contribution in [-0.4, -0.2) is 63.4 Å². The summed E-state index contributed by atoms with van der Waals surface area (Å²) in [4.78, 5) is 24.5. The fourth-order valence-electron chi connectivity index (χ4n) is 2.59. The summed E-state index contributed by atoms with van der Waals surface area (Å²) in [6.07, 6.45) is 3.36. The van der Waals surface area contributed by atoms with Gasteiger partial charge >= 0.3 is 6.03 Å². The van der Waals surface area contributed by atoms with E-state index in [0.717, 1.165) is 29.9 Å². The number of aryl methyl sites for hydroxylation is 1. The molecule has 21 heavy (non-hydrogen) atoms. The van der Waals surface area contributed by atoms with Crippen LogP contribution in [0.25, 0.3) is 11.0 Å². The van der Waals surface area contributed by atoms with Gasteiger partial charge in [0.1, 0.15) is 12.1 Å². The van der Waals surface area contributed by atoms with Crippen molar-refractivity contribution in [2.45, 2.75) is 6.92 Å². The Kier molecular flexibility index (Phi) is 3.59. The lowest BCUT2D eigenvalue weighted by Crippen LogP contribution is -2.52. The molecular formula is C13H19N7O. The molecule has 0 aliphatic carbocycles. The second kappa shape index (κ2) is 5.55. The third kappa shape index (κ3) is 2.48. The molecule has 1 fully saturated rings. The molecule has 0 radical (unpaired) electrons.